The van der Waals surface area contributed by atoms with Gasteiger partial charge in [0.1, 0.15) is 0 Å². The fourth-order valence-corrected chi connectivity index (χ4v) is 3.80. The van der Waals surface area contributed by atoms with Gasteiger partial charge in [-0.1, -0.05) is 48.5 Å². The highest BCUT2D eigenvalue weighted by Gasteiger charge is 2.29. The largest absolute Gasteiger partial charge is 0.337 e. The van der Waals surface area contributed by atoms with Gasteiger partial charge in [-0.3, -0.25) is 4.79 Å². The molecular weight excluding hydrogens is 284 g/mol. The van der Waals surface area contributed by atoms with Crippen molar-refractivity contribution < 1.29 is 4.79 Å². The molecule has 1 saturated heterocycles. The van der Waals surface area contributed by atoms with E-state index in [0.717, 1.165) is 38.9 Å². The van der Waals surface area contributed by atoms with E-state index >= 15 is 0 Å². The minimum absolute atomic E-state index is 0.0360. The van der Waals surface area contributed by atoms with E-state index in [9.17, 15) is 4.79 Å². The summed E-state index contributed by atoms with van der Waals surface area (Å²) in [5, 5.41) is 3.32. The lowest BCUT2D eigenvalue weighted by Gasteiger charge is -2.32. The molecule has 0 saturated carbocycles. The van der Waals surface area contributed by atoms with Gasteiger partial charge in [-0.2, -0.15) is 0 Å². The van der Waals surface area contributed by atoms with E-state index in [2.05, 4.69) is 47.8 Å². The van der Waals surface area contributed by atoms with E-state index in [1.165, 1.54) is 22.3 Å². The third kappa shape index (κ3) is 2.77. The maximum Gasteiger partial charge on any atom is 0.240 e. The lowest BCUT2D eigenvalue weighted by atomic mass is 9.90. The molecule has 2 heterocycles. The van der Waals surface area contributed by atoms with Gasteiger partial charge >= 0.3 is 0 Å². The van der Waals surface area contributed by atoms with Crippen molar-refractivity contribution in [2.75, 3.05) is 13.1 Å². The van der Waals surface area contributed by atoms with Crippen LogP contribution >= 0.6 is 0 Å². The quantitative estimate of drug-likeness (QED) is 0.925. The number of rotatable bonds is 2. The normalized spacial score (nSPS) is 20.3. The third-order valence-corrected chi connectivity index (χ3v) is 5.02. The smallest absolute Gasteiger partial charge is 0.240 e. The summed E-state index contributed by atoms with van der Waals surface area (Å²) in [4.78, 5) is 14.7. The van der Waals surface area contributed by atoms with Gasteiger partial charge in [0.25, 0.3) is 0 Å². The summed E-state index contributed by atoms with van der Waals surface area (Å²) in [5.74, 6) is 0.276. The highest BCUT2D eigenvalue weighted by atomic mass is 16.2. The zero-order valence-electron chi connectivity index (χ0n) is 13.3. The molecule has 118 valence electrons. The van der Waals surface area contributed by atoms with E-state index in [1.54, 1.807) is 0 Å². The van der Waals surface area contributed by atoms with Crippen molar-refractivity contribution in [2.24, 2.45) is 0 Å². The minimum atomic E-state index is 0.0360. The lowest BCUT2D eigenvalue weighted by Crippen LogP contribution is -2.45. The van der Waals surface area contributed by atoms with Crippen LogP contribution in [0.4, 0.5) is 0 Å². The lowest BCUT2D eigenvalue weighted by molar-refractivity contribution is -0.134. The van der Waals surface area contributed by atoms with E-state index in [-0.39, 0.29) is 11.9 Å². The number of hydrogen-bond acceptors (Lipinski definition) is 2. The van der Waals surface area contributed by atoms with Gasteiger partial charge in [-0.15, -0.1) is 0 Å². The summed E-state index contributed by atoms with van der Waals surface area (Å²) in [7, 11) is 0. The fourth-order valence-electron chi connectivity index (χ4n) is 3.80. The van der Waals surface area contributed by atoms with E-state index in [4.69, 9.17) is 0 Å². The summed E-state index contributed by atoms with van der Waals surface area (Å²) in [6.45, 7) is 2.54. The molecule has 23 heavy (non-hydrogen) atoms. The molecule has 3 heteroatoms. The van der Waals surface area contributed by atoms with Crippen LogP contribution in [0, 0.1) is 0 Å². The standard InChI is InChI=1S/C20H22N2O/c23-20(19-10-5-12-21-19)22-13-11-18-16(14-22)8-4-9-17(18)15-6-2-1-3-7-15/h1-4,6-9,19,21H,5,10-14H2/t19-/m0/s1. The minimum Gasteiger partial charge on any atom is -0.337 e. The van der Waals surface area contributed by atoms with Gasteiger partial charge in [0, 0.05) is 13.1 Å². The van der Waals surface area contributed by atoms with Crippen molar-refractivity contribution in [3.63, 3.8) is 0 Å². The Morgan fingerprint density at radius 3 is 2.74 bits per heavy atom. The van der Waals surface area contributed by atoms with Crippen molar-refractivity contribution in [1.82, 2.24) is 10.2 Å². The van der Waals surface area contributed by atoms with Gasteiger partial charge in [0.15, 0.2) is 0 Å². The molecule has 4 rings (SSSR count). The van der Waals surface area contributed by atoms with E-state index in [1.807, 2.05) is 11.0 Å². The first kappa shape index (κ1) is 14.5. The van der Waals surface area contributed by atoms with Crippen molar-refractivity contribution in [3.8, 4) is 11.1 Å². The Kier molecular flexibility index (Phi) is 3.88. The zero-order valence-corrected chi connectivity index (χ0v) is 13.3. The molecule has 2 aromatic carbocycles. The van der Waals surface area contributed by atoms with E-state index in [0.29, 0.717) is 0 Å². The van der Waals surface area contributed by atoms with Crippen LogP contribution in [-0.4, -0.2) is 29.9 Å². The third-order valence-electron chi connectivity index (χ3n) is 5.02. The monoisotopic (exact) mass is 306 g/mol. The molecule has 0 bridgehead atoms. The number of benzene rings is 2. The Hall–Kier alpha value is -2.13. The van der Waals surface area contributed by atoms with Gasteiger partial charge < -0.3 is 10.2 Å². The van der Waals surface area contributed by atoms with Crippen LogP contribution < -0.4 is 5.32 Å². The maximum absolute atomic E-state index is 12.6. The highest BCUT2D eigenvalue weighted by Crippen LogP contribution is 2.30. The van der Waals surface area contributed by atoms with Gasteiger partial charge in [0.2, 0.25) is 5.91 Å². The van der Waals surface area contributed by atoms with Crippen molar-refractivity contribution >= 4 is 5.91 Å². The topological polar surface area (TPSA) is 32.3 Å². The molecule has 0 aromatic heterocycles. The van der Waals surface area contributed by atoms with Gasteiger partial charge in [0.05, 0.1) is 6.04 Å². The molecule has 1 atom stereocenters. The second-order valence-corrected chi connectivity index (χ2v) is 6.47. The first-order valence-electron chi connectivity index (χ1n) is 8.51. The predicted molar refractivity (Wildman–Crippen MR) is 92.0 cm³/mol. The Bertz CT molecular complexity index is 705. The molecule has 1 amide bonds. The molecule has 0 aliphatic carbocycles. The molecule has 2 aliphatic heterocycles. The molecule has 0 spiro atoms. The van der Waals surface area contributed by atoms with Crippen LogP contribution in [0.1, 0.15) is 24.0 Å². The SMILES string of the molecule is O=C([C@@H]1CCCN1)N1CCc2c(cccc2-c2ccccc2)C1. The van der Waals surface area contributed by atoms with Crippen molar-refractivity contribution in [2.45, 2.75) is 31.8 Å². The van der Waals surface area contributed by atoms with E-state index < -0.39 is 0 Å². The van der Waals surface area contributed by atoms with Crippen LogP contribution in [0.3, 0.4) is 0 Å². The molecule has 1 fully saturated rings. The van der Waals surface area contributed by atoms with Crippen LogP contribution in [0.2, 0.25) is 0 Å². The summed E-state index contributed by atoms with van der Waals surface area (Å²) in [5.41, 5.74) is 5.28. The Labute approximate surface area is 137 Å². The maximum atomic E-state index is 12.6. The molecule has 0 radical (unpaired) electrons. The Balaban J connectivity index is 1.60. The molecular formula is C20H22N2O. The van der Waals surface area contributed by atoms with Crippen LogP contribution in [0.5, 0.6) is 0 Å². The second-order valence-electron chi connectivity index (χ2n) is 6.47. The molecule has 1 N–H and O–H groups in total. The Morgan fingerprint density at radius 1 is 1.09 bits per heavy atom. The Morgan fingerprint density at radius 2 is 1.96 bits per heavy atom. The number of hydrogen-bond donors (Lipinski definition) is 1. The van der Waals surface area contributed by atoms with Gasteiger partial charge in [-0.25, -0.2) is 0 Å². The summed E-state index contributed by atoms with van der Waals surface area (Å²) >= 11 is 0. The number of nitrogens with zero attached hydrogens (tertiary/aromatic N) is 1. The molecule has 2 aliphatic rings. The molecule has 2 aromatic rings. The number of amides is 1. The van der Waals surface area contributed by atoms with Gasteiger partial charge in [-0.05, 0) is 48.1 Å². The van der Waals surface area contributed by atoms with Crippen molar-refractivity contribution in [1.29, 1.82) is 0 Å². The summed E-state index contributed by atoms with van der Waals surface area (Å²) in [6, 6.07) is 17.1. The number of nitrogens with one attached hydrogen (secondary N) is 1. The average Bonchev–Trinajstić information content (AvgIpc) is 3.15. The average molecular weight is 306 g/mol. The van der Waals surface area contributed by atoms with Crippen LogP contribution in [0.25, 0.3) is 11.1 Å². The summed E-state index contributed by atoms with van der Waals surface area (Å²) < 4.78 is 0. The predicted octanol–water partition coefficient (Wildman–Crippen LogP) is 2.99. The van der Waals surface area contributed by atoms with Crippen LogP contribution in [-0.2, 0) is 17.8 Å². The first-order chi connectivity index (χ1) is 11.3. The van der Waals surface area contributed by atoms with Crippen molar-refractivity contribution in [3.05, 3.63) is 59.7 Å². The molecule has 3 nitrogen and oxygen atoms in total. The first-order valence-corrected chi connectivity index (χ1v) is 8.51. The number of carbonyl (C=O) groups excluding carboxylic acids is 1. The highest BCUT2D eigenvalue weighted by molar-refractivity contribution is 5.82. The number of carbonyl (C=O) groups is 1. The zero-order chi connectivity index (χ0) is 15.6. The van der Waals surface area contributed by atoms with Crippen LogP contribution in [0.15, 0.2) is 48.5 Å². The molecule has 0 unspecified atom stereocenters. The number of fused-ring (bicyclic) bond motifs is 1. The fraction of sp³-hybridized carbons (Fsp3) is 0.350. The summed E-state index contributed by atoms with van der Waals surface area (Å²) in [6.07, 6.45) is 3.03. The second kappa shape index (κ2) is 6.17.